The van der Waals surface area contributed by atoms with E-state index in [2.05, 4.69) is 107 Å². The molecule has 0 spiro atoms. The molecule has 0 saturated heterocycles. The summed E-state index contributed by atoms with van der Waals surface area (Å²) in [6, 6.07) is 2.01. The molecule has 0 aromatic carbocycles. The molecule has 0 N–H and O–H groups in total. The third-order valence-corrected chi connectivity index (χ3v) is 28.4. The number of rotatable bonds is 21. The van der Waals surface area contributed by atoms with Crippen molar-refractivity contribution in [1.82, 2.24) is 8.46 Å². The van der Waals surface area contributed by atoms with Crippen LogP contribution in [0.3, 0.4) is 0 Å². The van der Waals surface area contributed by atoms with Crippen LogP contribution in [-0.4, -0.2) is 105 Å². The Balaban J connectivity index is 0. The average molecular weight is 687 g/mol. The van der Waals surface area contributed by atoms with Crippen LogP contribution in [0.25, 0.3) is 0 Å². The summed E-state index contributed by atoms with van der Waals surface area (Å²) in [5.41, 5.74) is 0. The standard InChI is InChI=1S/C15H39NO3Si3.C13H35NO2Si3/c1-10-17-22(18-11-2,19-12-3)15-13-14-16(20(4,5)6)21(7,8)9;1-10-15-19(9,16-11-2)13-12-14(17(3,4)5)18(6,7)8/h10-15H2,1-9H3;10-13H2,1-9H3. The second-order valence-electron chi connectivity index (χ2n) is 14.8. The molecule has 0 aliphatic carbocycles. The molecule has 41 heavy (non-hydrogen) atoms. The molecule has 0 amide bonds. The average Bonchev–Trinajstić information content (AvgIpc) is 2.74. The van der Waals surface area contributed by atoms with Crippen molar-refractivity contribution >= 4 is 50.3 Å². The maximum Gasteiger partial charge on any atom is 0.500 e. The van der Waals surface area contributed by atoms with Crippen LogP contribution in [0.5, 0.6) is 0 Å². The van der Waals surface area contributed by atoms with Crippen molar-refractivity contribution in [3.8, 4) is 0 Å². The van der Waals surface area contributed by atoms with Gasteiger partial charge in [0.1, 0.15) is 32.9 Å². The molecule has 0 aromatic rings. The summed E-state index contributed by atoms with van der Waals surface area (Å²) in [7, 11) is -9.54. The van der Waals surface area contributed by atoms with Crippen molar-refractivity contribution < 1.29 is 22.1 Å². The van der Waals surface area contributed by atoms with Gasteiger partial charge in [-0.3, -0.25) is 0 Å². The normalized spacial score (nSPS) is 14.0. The fourth-order valence-corrected chi connectivity index (χ4v) is 30.5. The van der Waals surface area contributed by atoms with Gasteiger partial charge in [-0.2, -0.15) is 0 Å². The van der Waals surface area contributed by atoms with Gasteiger partial charge in [0.2, 0.25) is 0 Å². The van der Waals surface area contributed by atoms with Crippen LogP contribution in [-0.2, 0) is 22.1 Å². The van der Waals surface area contributed by atoms with Crippen molar-refractivity contribution in [2.45, 2.75) is 138 Å². The minimum absolute atomic E-state index is 0.665. The molecular formula is C28H74N2O5Si6. The lowest BCUT2D eigenvalue weighted by atomic mass is 10.5. The lowest BCUT2D eigenvalue weighted by molar-refractivity contribution is 0.0706. The van der Waals surface area contributed by atoms with Crippen molar-refractivity contribution in [3.05, 3.63) is 0 Å². The fraction of sp³-hybridized carbons (Fsp3) is 1.00. The zero-order chi connectivity index (χ0) is 32.8. The van der Waals surface area contributed by atoms with Crippen LogP contribution in [0.2, 0.25) is 97.2 Å². The summed E-state index contributed by atoms with van der Waals surface area (Å²) in [6.45, 7) is 47.6. The van der Waals surface area contributed by atoms with E-state index < -0.39 is 50.3 Å². The predicted octanol–water partition coefficient (Wildman–Crippen LogP) is 8.50. The van der Waals surface area contributed by atoms with Gasteiger partial charge in [0.15, 0.2) is 0 Å². The summed E-state index contributed by atoms with van der Waals surface area (Å²) in [6.07, 6.45) is 1.10. The van der Waals surface area contributed by atoms with Gasteiger partial charge in [-0.25, -0.2) is 0 Å². The zero-order valence-electron chi connectivity index (χ0n) is 31.0. The van der Waals surface area contributed by atoms with E-state index >= 15 is 0 Å². The highest BCUT2D eigenvalue weighted by atomic mass is 28.4. The molecule has 0 fully saturated rings. The van der Waals surface area contributed by atoms with Gasteiger partial charge in [-0.15, -0.1) is 0 Å². The first kappa shape index (κ1) is 44.1. The van der Waals surface area contributed by atoms with Crippen LogP contribution in [0.4, 0.5) is 0 Å². The van der Waals surface area contributed by atoms with Gasteiger partial charge in [-0.05, 0) is 60.7 Å². The summed E-state index contributed by atoms with van der Waals surface area (Å²) in [5, 5.41) is 0. The highest BCUT2D eigenvalue weighted by Crippen LogP contribution is 2.25. The Morgan fingerprint density at radius 2 is 0.683 bits per heavy atom. The third-order valence-electron chi connectivity index (χ3n) is 6.89. The van der Waals surface area contributed by atoms with Crippen molar-refractivity contribution in [2.24, 2.45) is 0 Å². The Kier molecular flexibility index (Phi) is 21.0. The van der Waals surface area contributed by atoms with Crippen LogP contribution in [0.15, 0.2) is 0 Å². The van der Waals surface area contributed by atoms with Crippen molar-refractivity contribution in [1.29, 1.82) is 0 Å². The molecular weight excluding hydrogens is 613 g/mol. The van der Waals surface area contributed by atoms with Crippen molar-refractivity contribution in [3.63, 3.8) is 0 Å². The van der Waals surface area contributed by atoms with Gasteiger partial charge in [0, 0.05) is 45.1 Å². The van der Waals surface area contributed by atoms with E-state index in [9.17, 15) is 0 Å². The molecule has 7 nitrogen and oxygen atoms in total. The first-order valence-corrected chi connectivity index (χ1v) is 34.5. The lowest BCUT2D eigenvalue weighted by Crippen LogP contribution is -2.60. The second kappa shape index (κ2) is 19.5. The number of nitrogens with zero attached hydrogens (tertiary/aromatic N) is 2. The molecule has 13 heteroatoms. The van der Waals surface area contributed by atoms with E-state index in [1.807, 2.05) is 20.8 Å². The second-order valence-corrected chi connectivity index (χ2v) is 41.3. The molecule has 0 aromatic heterocycles. The molecule has 0 aliphatic rings. The van der Waals surface area contributed by atoms with Crippen LogP contribution in [0.1, 0.15) is 41.0 Å². The Hall–Kier alpha value is 1.02. The SMILES string of the molecule is CCO[Si](C)(CCN([Si](C)(C)C)[Si](C)(C)C)OCC.CCO[Si](CCCN([Si](C)(C)C)[Si](C)(C)C)(OCC)OCC. The van der Waals surface area contributed by atoms with Gasteiger partial charge in [-0.1, -0.05) is 78.6 Å². The van der Waals surface area contributed by atoms with Gasteiger partial charge in [0.05, 0.1) is 0 Å². The zero-order valence-corrected chi connectivity index (χ0v) is 37.0. The summed E-state index contributed by atoms with van der Waals surface area (Å²) in [4.78, 5) is 0. The molecule has 0 bridgehead atoms. The minimum atomic E-state index is -2.48. The van der Waals surface area contributed by atoms with Crippen LogP contribution >= 0.6 is 0 Å². The van der Waals surface area contributed by atoms with E-state index in [4.69, 9.17) is 22.1 Å². The van der Waals surface area contributed by atoms with E-state index in [0.717, 1.165) is 44.8 Å². The van der Waals surface area contributed by atoms with Gasteiger partial charge < -0.3 is 30.6 Å². The molecule has 0 aliphatic heterocycles. The largest absolute Gasteiger partial charge is 0.500 e. The number of hydrogen-bond acceptors (Lipinski definition) is 7. The molecule has 250 valence electrons. The quantitative estimate of drug-likeness (QED) is 0.112. The molecule has 0 unspecified atom stereocenters. The number of hydrogen-bond donors (Lipinski definition) is 0. The van der Waals surface area contributed by atoms with Gasteiger partial charge >= 0.3 is 17.4 Å². The van der Waals surface area contributed by atoms with Gasteiger partial charge in [0.25, 0.3) is 0 Å². The Morgan fingerprint density at radius 1 is 0.390 bits per heavy atom. The molecule has 0 rings (SSSR count). The highest BCUT2D eigenvalue weighted by molar-refractivity contribution is 6.90. The minimum Gasteiger partial charge on any atom is -0.395 e. The maximum absolute atomic E-state index is 5.97. The van der Waals surface area contributed by atoms with Crippen molar-refractivity contribution in [2.75, 3.05) is 46.1 Å². The molecule has 0 atom stereocenters. The van der Waals surface area contributed by atoms with E-state index in [1.165, 1.54) is 0 Å². The molecule has 0 saturated carbocycles. The fourth-order valence-electron chi connectivity index (χ4n) is 5.92. The lowest BCUT2D eigenvalue weighted by Gasteiger charge is -2.44. The smallest absolute Gasteiger partial charge is 0.395 e. The van der Waals surface area contributed by atoms with Crippen LogP contribution < -0.4 is 0 Å². The Morgan fingerprint density at radius 3 is 0.951 bits per heavy atom. The summed E-state index contributed by atoms with van der Waals surface area (Å²) in [5.74, 6) is 0. The Bertz CT molecular complexity index is 628. The summed E-state index contributed by atoms with van der Waals surface area (Å²) < 4.78 is 35.5. The third kappa shape index (κ3) is 18.6. The molecule has 0 radical (unpaired) electrons. The van der Waals surface area contributed by atoms with Crippen LogP contribution in [0, 0.1) is 0 Å². The summed E-state index contributed by atoms with van der Waals surface area (Å²) >= 11 is 0. The predicted molar refractivity (Wildman–Crippen MR) is 197 cm³/mol. The van der Waals surface area contributed by atoms with E-state index in [0.29, 0.717) is 19.8 Å². The maximum atomic E-state index is 5.97. The monoisotopic (exact) mass is 686 g/mol. The van der Waals surface area contributed by atoms with E-state index in [1.54, 1.807) is 0 Å². The first-order chi connectivity index (χ1) is 18.5. The topological polar surface area (TPSA) is 52.6 Å². The molecule has 0 heterocycles. The Labute approximate surface area is 264 Å². The first-order valence-electron chi connectivity index (χ1n) is 16.2. The van der Waals surface area contributed by atoms with E-state index in [-0.39, 0.29) is 0 Å². The highest BCUT2D eigenvalue weighted by Gasteiger charge is 2.41.